The number of unbranched alkanes of at least 4 members (excludes halogenated alkanes) is 26. The third-order valence-corrected chi connectivity index (χ3v) is 15.1. The minimum atomic E-state index is -4.38. The van der Waals surface area contributed by atoms with E-state index in [9.17, 15) is 19.4 Å². The number of phosphoric ester groups is 1. The Morgan fingerprint density at radius 3 is 1.14 bits per heavy atom. The zero-order valence-electron chi connectivity index (χ0n) is 53.0. The van der Waals surface area contributed by atoms with Crippen LogP contribution in [0.5, 0.6) is 0 Å². The first-order valence-corrected chi connectivity index (χ1v) is 34.6. The lowest BCUT2D eigenvalue weighted by Gasteiger charge is -2.25. The van der Waals surface area contributed by atoms with Crippen molar-refractivity contribution in [1.82, 2.24) is 5.32 Å². The first-order valence-electron chi connectivity index (χ1n) is 33.1. The predicted octanol–water partition coefficient (Wildman–Crippen LogP) is 21.0. The molecule has 0 rings (SSSR count). The number of aliphatic hydroxyl groups excluding tert-OH is 1. The zero-order valence-corrected chi connectivity index (χ0v) is 53.9. The van der Waals surface area contributed by atoms with Crippen LogP contribution >= 0.6 is 7.82 Å². The molecule has 9 heteroatoms. The molecule has 0 aromatic carbocycles. The molecule has 0 radical (unpaired) electrons. The van der Waals surface area contributed by atoms with E-state index in [-0.39, 0.29) is 19.1 Å². The molecule has 0 aliphatic heterocycles. The Labute approximate surface area is 500 Å². The molecule has 0 fully saturated rings. The molecule has 0 saturated carbocycles. The van der Waals surface area contributed by atoms with Gasteiger partial charge in [0, 0.05) is 6.42 Å². The normalized spacial score (nSPS) is 14.6. The van der Waals surface area contributed by atoms with Crippen LogP contribution in [0.25, 0.3) is 0 Å². The number of quaternary nitrogens is 1. The smallest absolute Gasteiger partial charge is 0.387 e. The highest BCUT2D eigenvalue weighted by Gasteiger charge is 2.27. The summed E-state index contributed by atoms with van der Waals surface area (Å²) in [6, 6.07) is -0.894. The number of carbonyl (C=O) groups excluding carboxylic acids is 1. The molecule has 8 nitrogen and oxygen atoms in total. The van der Waals surface area contributed by atoms with Crippen LogP contribution in [0.3, 0.4) is 0 Å². The van der Waals surface area contributed by atoms with Gasteiger partial charge >= 0.3 is 7.82 Å². The van der Waals surface area contributed by atoms with Crippen molar-refractivity contribution in [2.24, 2.45) is 0 Å². The quantitative estimate of drug-likeness (QED) is 0.0243. The maximum absolute atomic E-state index is 13.0. The van der Waals surface area contributed by atoms with E-state index in [2.05, 4.69) is 141 Å². The fourth-order valence-electron chi connectivity index (χ4n) is 8.99. The van der Waals surface area contributed by atoms with Crippen LogP contribution in [-0.2, 0) is 18.4 Å². The third-order valence-electron chi connectivity index (χ3n) is 14.1. The SMILES string of the molecule is CC/C=C\C/C=C\C/C=C\C/C=C\C/C=C\C/C=C\C/C=C\C/C=C\C/C=C\CCCCCC(=O)NC(COP(=O)(O)OCC[N+](C)(C)C)C(O)/C=C/CC/C=C/CCCCCCCCCCCCCCCCCCCCCCCC. The number of likely N-dealkylation sites (N-methyl/N-ethyl adjacent to an activating group) is 1. The van der Waals surface area contributed by atoms with Crippen LogP contribution in [-0.4, -0.2) is 73.4 Å². The van der Waals surface area contributed by atoms with Gasteiger partial charge in [0.1, 0.15) is 13.2 Å². The number of hydrogen-bond donors (Lipinski definition) is 3. The second-order valence-electron chi connectivity index (χ2n) is 23.1. The second-order valence-corrected chi connectivity index (χ2v) is 24.6. The molecule has 1 amide bonds. The van der Waals surface area contributed by atoms with E-state index < -0.39 is 20.0 Å². The Morgan fingerprint density at radius 1 is 0.432 bits per heavy atom. The average Bonchev–Trinajstić information content (AvgIpc) is 3.43. The lowest BCUT2D eigenvalue weighted by molar-refractivity contribution is -0.870. The molecule has 3 unspecified atom stereocenters. The van der Waals surface area contributed by atoms with Crippen LogP contribution in [0.15, 0.2) is 134 Å². The summed E-state index contributed by atoms with van der Waals surface area (Å²) >= 11 is 0. The summed E-state index contributed by atoms with van der Waals surface area (Å²) < 4.78 is 23.7. The Bertz CT molecular complexity index is 1780. The Balaban J connectivity index is 4.29. The molecule has 3 N–H and O–H groups in total. The molecular weight excluding hydrogens is 1020 g/mol. The summed E-state index contributed by atoms with van der Waals surface area (Å²) in [7, 11) is 1.52. The number of phosphoric acid groups is 1. The van der Waals surface area contributed by atoms with Crippen molar-refractivity contribution in [3.05, 3.63) is 134 Å². The van der Waals surface area contributed by atoms with E-state index in [1.165, 1.54) is 141 Å². The molecule has 464 valence electrons. The van der Waals surface area contributed by atoms with Gasteiger partial charge in [-0.3, -0.25) is 13.8 Å². The Morgan fingerprint density at radius 2 is 0.753 bits per heavy atom. The van der Waals surface area contributed by atoms with Gasteiger partial charge in [0.2, 0.25) is 5.91 Å². The fourth-order valence-corrected chi connectivity index (χ4v) is 9.73. The Kier molecular flexibility index (Phi) is 58.7. The van der Waals surface area contributed by atoms with Crippen LogP contribution in [0, 0.1) is 0 Å². The van der Waals surface area contributed by atoms with E-state index >= 15 is 0 Å². The largest absolute Gasteiger partial charge is 0.472 e. The third kappa shape index (κ3) is 64.1. The summed E-state index contributed by atoms with van der Waals surface area (Å²) in [5, 5.41) is 13.9. The zero-order chi connectivity index (χ0) is 59.1. The van der Waals surface area contributed by atoms with Crippen LogP contribution in [0.2, 0.25) is 0 Å². The predicted molar refractivity (Wildman–Crippen MR) is 355 cm³/mol. The Hall–Kier alpha value is -3.36. The van der Waals surface area contributed by atoms with Crippen LogP contribution in [0.1, 0.15) is 264 Å². The first-order chi connectivity index (χ1) is 39.5. The molecule has 0 aromatic rings. The second kappa shape index (κ2) is 61.2. The van der Waals surface area contributed by atoms with E-state index in [0.29, 0.717) is 23.9 Å². The maximum atomic E-state index is 13.0. The van der Waals surface area contributed by atoms with Crippen LogP contribution in [0.4, 0.5) is 0 Å². The molecule has 0 bridgehead atoms. The van der Waals surface area contributed by atoms with Gasteiger partial charge in [-0.15, -0.1) is 0 Å². The number of hydrogen-bond acceptors (Lipinski definition) is 5. The van der Waals surface area contributed by atoms with Gasteiger partial charge in [0.15, 0.2) is 0 Å². The molecule has 0 aliphatic carbocycles. The van der Waals surface area contributed by atoms with Gasteiger partial charge in [0.05, 0.1) is 39.9 Å². The van der Waals surface area contributed by atoms with Crippen molar-refractivity contribution in [2.45, 2.75) is 276 Å². The van der Waals surface area contributed by atoms with Gasteiger partial charge in [-0.2, -0.15) is 0 Å². The maximum Gasteiger partial charge on any atom is 0.472 e. The molecule has 0 aromatic heterocycles. The standard InChI is InChI=1S/C72H125N2O6P/c1-6-8-10-12-14-16-18-20-22-24-26-28-30-32-34-36-37-38-40-42-44-46-48-50-52-54-56-58-60-62-64-66-72(76)73-70(69-80-81(77,78)79-68-67-74(3,4)5)71(75)65-63-61-59-57-55-53-51-49-47-45-43-41-39-35-33-31-29-27-25-23-21-19-17-15-13-11-9-7-2/h8,10,14,16,20,22,26,28,32,34,37-38,42,44,48,50,54-57,63,65,70-71,75H,6-7,9,11-13,15,17-19,21,23-25,27,29-31,33,35-36,39-41,43,45-47,49,51-53,58-62,64,66-69H2,1-5H3,(H-,73,76,77,78)/p+1/b10-8-,16-14-,22-20-,28-26-,34-32-,38-37-,44-42-,50-48-,56-54-,57-55+,65-63+. The first kappa shape index (κ1) is 77.6. The number of carbonyl (C=O) groups is 1. The summed E-state index contributed by atoms with van der Waals surface area (Å²) in [4.78, 5) is 23.4. The average molecular weight is 1150 g/mol. The van der Waals surface area contributed by atoms with Gasteiger partial charge < -0.3 is 19.8 Å². The molecule has 0 saturated heterocycles. The van der Waals surface area contributed by atoms with E-state index in [1.54, 1.807) is 6.08 Å². The summed E-state index contributed by atoms with van der Waals surface area (Å²) in [6.07, 6.45) is 93.0. The number of aliphatic hydroxyl groups is 1. The van der Waals surface area contributed by atoms with Crippen molar-refractivity contribution in [1.29, 1.82) is 0 Å². The minimum absolute atomic E-state index is 0.0419. The van der Waals surface area contributed by atoms with Crippen LogP contribution < -0.4 is 5.32 Å². The number of allylic oxidation sites excluding steroid dienone is 21. The topological polar surface area (TPSA) is 105 Å². The molecule has 0 aliphatic rings. The molecule has 0 spiro atoms. The van der Waals surface area contributed by atoms with Gasteiger partial charge in [-0.05, 0) is 103 Å². The van der Waals surface area contributed by atoms with Crippen molar-refractivity contribution in [2.75, 3.05) is 40.9 Å². The monoisotopic (exact) mass is 1150 g/mol. The van der Waals surface area contributed by atoms with Gasteiger partial charge in [-0.25, -0.2) is 4.57 Å². The summed E-state index contributed by atoms with van der Waals surface area (Å²) in [5.74, 6) is -0.222. The van der Waals surface area contributed by atoms with E-state index in [1.807, 2.05) is 27.2 Å². The fraction of sp³-hybridized carbons (Fsp3) is 0.681. The number of amides is 1. The highest BCUT2D eigenvalue weighted by atomic mass is 31.2. The lowest BCUT2D eigenvalue weighted by atomic mass is 10.0. The summed E-state index contributed by atoms with van der Waals surface area (Å²) in [6.45, 7) is 4.66. The molecular formula is C72H126N2O6P+. The van der Waals surface area contributed by atoms with Crippen molar-refractivity contribution < 1.29 is 32.9 Å². The minimum Gasteiger partial charge on any atom is -0.387 e. The molecule has 0 heterocycles. The lowest BCUT2D eigenvalue weighted by Crippen LogP contribution is -2.45. The van der Waals surface area contributed by atoms with Gasteiger partial charge in [0.25, 0.3) is 0 Å². The van der Waals surface area contributed by atoms with Crippen molar-refractivity contribution in [3.8, 4) is 0 Å². The van der Waals surface area contributed by atoms with E-state index in [0.717, 1.165) is 96.3 Å². The van der Waals surface area contributed by atoms with Crippen molar-refractivity contribution >= 4 is 13.7 Å². The number of rotatable bonds is 59. The highest BCUT2D eigenvalue weighted by molar-refractivity contribution is 7.47. The molecule has 3 atom stereocenters. The summed E-state index contributed by atoms with van der Waals surface area (Å²) in [5.41, 5.74) is 0. The number of nitrogens with one attached hydrogen (secondary N) is 1. The van der Waals surface area contributed by atoms with E-state index in [4.69, 9.17) is 9.05 Å². The van der Waals surface area contributed by atoms with Gasteiger partial charge in [-0.1, -0.05) is 289 Å². The number of nitrogens with zero attached hydrogens (tertiary/aromatic N) is 1. The van der Waals surface area contributed by atoms with Crippen molar-refractivity contribution in [3.63, 3.8) is 0 Å². The molecule has 81 heavy (non-hydrogen) atoms. The highest BCUT2D eigenvalue weighted by Crippen LogP contribution is 2.43.